The van der Waals surface area contributed by atoms with E-state index in [0.29, 0.717) is 0 Å². The van der Waals surface area contributed by atoms with E-state index < -0.39 is 21.3 Å². The molecule has 4 nitrogen and oxygen atoms in total. The van der Waals surface area contributed by atoms with Gasteiger partial charge in [-0.1, -0.05) is 6.07 Å². The Labute approximate surface area is 107 Å². The van der Waals surface area contributed by atoms with E-state index in [9.17, 15) is 17.6 Å². The minimum absolute atomic E-state index is 0.0629. The molecule has 0 atom stereocenters. The number of hydrogen-bond donors (Lipinski definition) is 0. The monoisotopic (exact) mass is 289 g/mol. The lowest BCUT2D eigenvalue weighted by Crippen LogP contribution is -2.20. The predicted octanol–water partition coefficient (Wildman–Crippen LogP) is 1.90. The number of aromatic nitrogens is 1. The van der Waals surface area contributed by atoms with Crippen LogP contribution in [0.3, 0.4) is 0 Å². The SMILES string of the molecule is O=c1c2cccc(S(=O)(=O)Cl)c2ccn1CCF. The second kappa shape index (κ2) is 4.70. The molecule has 1 heterocycles. The topological polar surface area (TPSA) is 56.1 Å². The average Bonchev–Trinajstić information content (AvgIpc) is 2.31. The van der Waals surface area contributed by atoms with Crippen LogP contribution in [0.1, 0.15) is 0 Å². The van der Waals surface area contributed by atoms with E-state index in [0.717, 1.165) is 0 Å². The zero-order valence-electron chi connectivity index (χ0n) is 9.14. The number of pyridine rings is 1. The summed E-state index contributed by atoms with van der Waals surface area (Å²) in [6.07, 6.45) is 1.36. The van der Waals surface area contributed by atoms with Gasteiger partial charge in [0.15, 0.2) is 0 Å². The molecule has 96 valence electrons. The molecule has 0 saturated heterocycles. The van der Waals surface area contributed by atoms with Crippen LogP contribution in [0, 0.1) is 0 Å². The van der Waals surface area contributed by atoms with Gasteiger partial charge in [0, 0.05) is 27.7 Å². The van der Waals surface area contributed by atoms with E-state index in [2.05, 4.69) is 0 Å². The number of benzene rings is 1. The van der Waals surface area contributed by atoms with Crippen molar-refractivity contribution in [1.82, 2.24) is 4.57 Å². The van der Waals surface area contributed by atoms with E-state index in [1.54, 1.807) is 0 Å². The zero-order chi connectivity index (χ0) is 13.3. The molecule has 0 amide bonds. The van der Waals surface area contributed by atoms with Gasteiger partial charge in [-0.3, -0.25) is 4.79 Å². The van der Waals surface area contributed by atoms with Crippen LogP contribution in [0.15, 0.2) is 40.2 Å². The van der Waals surface area contributed by atoms with Crippen LogP contribution in [-0.2, 0) is 15.6 Å². The first-order chi connectivity index (χ1) is 8.45. The van der Waals surface area contributed by atoms with Gasteiger partial charge < -0.3 is 4.57 Å². The molecule has 0 saturated carbocycles. The van der Waals surface area contributed by atoms with Crippen molar-refractivity contribution < 1.29 is 12.8 Å². The fourth-order valence-corrected chi connectivity index (χ4v) is 2.85. The average molecular weight is 290 g/mol. The Morgan fingerprint density at radius 3 is 2.56 bits per heavy atom. The van der Waals surface area contributed by atoms with Gasteiger partial charge in [-0.25, -0.2) is 12.8 Å². The fourth-order valence-electron chi connectivity index (χ4n) is 1.77. The van der Waals surface area contributed by atoms with E-state index in [-0.39, 0.29) is 22.2 Å². The highest BCUT2D eigenvalue weighted by Crippen LogP contribution is 2.23. The number of halogens is 2. The van der Waals surface area contributed by atoms with Gasteiger partial charge in [0.1, 0.15) is 6.67 Å². The molecule has 0 spiro atoms. The van der Waals surface area contributed by atoms with Gasteiger partial charge in [0.2, 0.25) is 0 Å². The largest absolute Gasteiger partial charge is 0.312 e. The number of rotatable bonds is 3. The summed E-state index contributed by atoms with van der Waals surface area (Å²) in [5.74, 6) is 0. The molecule has 0 unspecified atom stereocenters. The van der Waals surface area contributed by atoms with Crippen LogP contribution in [0.4, 0.5) is 4.39 Å². The van der Waals surface area contributed by atoms with Gasteiger partial charge >= 0.3 is 0 Å². The molecular weight excluding hydrogens is 281 g/mol. The number of fused-ring (bicyclic) bond motifs is 1. The molecule has 7 heteroatoms. The molecule has 0 fully saturated rings. The van der Waals surface area contributed by atoms with Crippen LogP contribution in [-0.4, -0.2) is 19.7 Å². The Balaban J connectivity index is 2.83. The van der Waals surface area contributed by atoms with Crippen molar-refractivity contribution in [2.75, 3.05) is 6.67 Å². The van der Waals surface area contributed by atoms with Crippen molar-refractivity contribution in [3.8, 4) is 0 Å². The molecule has 18 heavy (non-hydrogen) atoms. The van der Waals surface area contributed by atoms with Crippen molar-refractivity contribution in [1.29, 1.82) is 0 Å². The van der Waals surface area contributed by atoms with Gasteiger partial charge in [-0.05, 0) is 18.2 Å². The number of nitrogens with zero attached hydrogens (tertiary/aromatic N) is 1. The van der Waals surface area contributed by atoms with Crippen LogP contribution in [0.2, 0.25) is 0 Å². The first-order valence-electron chi connectivity index (χ1n) is 5.08. The lowest BCUT2D eigenvalue weighted by molar-refractivity contribution is 0.441. The maximum Gasteiger partial charge on any atom is 0.261 e. The molecule has 0 bridgehead atoms. The van der Waals surface area contributed by atoms with Crippen molar-refractivity contribution in [2.24, 2.45) is 0 Å². The Morgan fingerprint density at radius 1 is 1.22 bits per heavy atom. The fraction of sp³-hybridized carbons (Fsp3) is 0.182. The highest BCUT2D eigenvalue weighted by Gasteiger charge is 2.15. The molecule has 2 rings (SSSR count). The number of alkyl halides is 1. The summed E-state index contributed by atoms with van der Waals surface area (Å²) in [5, 5.41) is 0.445. The van der Waals surface area contributed by atoms with Crippen molar-refractivity contribution in [2.45, 2.75) is 11.4 Å². The Kier molecular flexibility index (Phi) is 3.41. The predicted molar refractivity (Wildman–Crippen MR) is 67.2 cm³/mol. The molecular formula is C11H9ClFNO3S. The second-order valence-corrected chi connectivity index (χ2v) is 6.19. The molecule has 1 aromatic carbocycles. The van der Waals surface area contributed by atoms with E-state index in [1.807, 2.05) is 0 Å². The minimum Gasteiger partial charge on any atom is -0.312 e. The summed E-state index contributed by atoms with van der Waals surface area (Å²) in [5.41, 5.74) is -0.438. The van der Waals surface area contributed by atoms with Gasteiger partial charge in [0.05, 0.1) is 11.4 Å². The minimum atomic E-state index is -3.92. The molecule has 0 N–H and O–H groups in total. The first kappa shape index (κ1) is 13.0. The summed E-state index contributed by atoms with van der Waals surface area (Å²) in [4.78, 5) is 11.8. The van der Waals surface area contributed by atoms with Crippen LogP contribution >= 0.6 is 10.7 Å². The smallest absolute Gasteiger partial charge is 0.261 e. The maximum absolute atomic E-state index is 12.3. The maximum atomic E-state index is 12.3. The molecule has 0 aliphatic rings. The van der Waals surface area contributed by atoms with Crippen LogP contribution in [0.25, 0.3) is 10.8 Å². The van der Waals surface area contributed by atoms with Crippen molar-refractivity contribution >= 4 is 30.5 Å². The molecule has 0 aliphatic carbocycles. The quantitative estimate of drug-likeness (QED) is 0.811. The van der Waals surface area contributed by atoms with Gasteiger partial charge in [0.25, 0.3) is 14.6 Å². The normalized spacial score (nSPS) is 11.9. The highest BCUT2D eigenvalue weighted by atomic mass is 35.7. The summed E-state index contributed by atoms with van der Waals surface area (Å²) in [6.45, 7) is -0.731. The number of aryl methyl sites for hydroxylation is 1. The highest BCUT2D eigenvalue weighted by molar-refractivity contribution is 8.14. The van der Waals surface area contributed by atoms with E-state index >= 15 is 0 Å². The van der Waals surface area contributed by atoms with E-state index in [1.165, 1.54) is 35.0 Å². The van der Waals surface area contributed by atoms with Crippen LogP contribution < -0.4 is 5.56 Å². The van der Waals surface area contributed by atoms with Crippen LogP contribution in [0.5, 0.6) is 0 Å². The Bertz CT molecular complexity index is 754. The summed E-state index contributed by atoms with van der Waals surface area (Å²) >= 11 is 0. The summed E-state index contributed by atoms with van der Waals surface area (Å²) in [7, 11) is 1.37. The molecule has 1 aromatic heterocycles. The molecule has 2 aromatic rings. The standard InChI is InChI=1S/C11H9ClFNO3S/c12-18(16,17)10-3-1-2-9-8(10)4-6-14(7-5-13)11(9)15/h1-4,6H,5,7H2. The summed E-state index contributed by atoms with van der Waals surface area (Å²) in [6, 6.07) is 5.68. The lowest BCUT2D eigenvalue weighted by Gasteiger charge is -2.06. The first-order valence-corrected chi connectivity index (χ1v) is 7.39. The Hall–Kier alpha value is -1.40. The summed E-state index contributed by atoms with van der Waals surface area (Å²) < 4.78 is 36.2. The third kappa shape index (κ3) is 2.26. The second-order valence-electron chi connectivity index (χ2n) is 3.66. The zero-order valence-corrected chi connectivity index (χ0v) is 10.7. The Morgan fingerprint density at radius 2 is 1.94 bits per heavy atom. The molecule has 0 radical (unpaired) electrons. The third-order valence-corrected chi connectivity index (χ3v) is 3.95. The van der Waals surface area contributed by atoms with Gasteiger partial charge in [-0.2, -0.15) is 0 Å². The number of hydrogen-bond acceptors (Lipinski definition) is 3. The van der Waals surface area contributed by atoms with Gasteiger partial charge in [-0.15, -0.1) is 0 Å². The lowest BCUT2D eigenvalue weighted by atomic mass is 10.2. The third-order valence-electron chi connectivity index (χ3n) is 2.57. The van der Waals surface area contributed by atoms with Crippen molar-refractivity contribution in [3.05, 3.63) is 40.8 Å². The van der Waals surface area contributed by atoms with E-state index in [4.69, 9.17) is 10.7 Å². The molecule has 0 aliphatic heterocycles. The van der Waals surface area contributed by atoms with Crippen molar-refractivity contribution in [3.63, 3.8) is 0 Å².